The summed E-state index contributed by atoms with van der Waals surface area (Å²) in [6, 6.07) is 0. The van der Waals surface area contributed by atoms with Gasteiger partial charge < -0.3 is 0 Å². The lowest BCUT2D eigenvalue weighted by molar-refractivity contribution is 0.886. The topological polar surface area (TPSA) is 0 Å². The summed E-state index contributed by atoms with van der Waals surface area (Å²) < 4.78 is 0. The van der Waals surface area contributed by atoms with Gasteiger partial charge in [0.2, 0.25) is 0 Å². The number of hydrogen-bond acceptors (Lipinski definition) is 0. The van der Waals surface area contributed by atoms with E-state index < -0.39 is 0 Å². The minimum atomic E-state index is 1.25. The molecule has 0 aromatic heterocycles. The third-order valence-electron chi connectivity index (χ3n) is 0.500. The van der Waals surface area contributed by atoms with Crippen LogP contribution in [0.4, 0.5) is 0 Å². The molecule has 0 aliphatic rings. The summed E-state index contributed by atoms with van der Waals surface area (Å²) in [5, 5.41) is 0. The molecule has 0 bridgehead atoms. The van der Waals surface area contributed by atoms with E-state index in [1.54, 1.807) is 0 Å². The van der Waals surface area contributed by atoms with Gasteiger partial charge >= 0.3 is 0 Å². The van der Waals surface area contributed by atoms with Crippen molar-refractivity contribution in [2.24, 2.45) is 0 Å². The predicted molar refractivity (Wildman–Crippen MR) is 93.2 cm³/mol. The van der Waals surface area contributed by atoms with E-state index in [-0.39, 0.29) is 0 Å². The van der Waals surface area contributed by atoms with Gasteiger partial charge in [-0.15, -0.1) is 13.2 Å². The van der Waals surface area contributed by atoms with Crippen LogP contribution in [-0.4, -0.2) is 0 Å². The van der Waals surface area contributed by atoms with Crippen LogP contribution in [-0.2, 0) is 0 Å². The molecule has 0 unspecified atom stereocenters. The van der Waals surface area contributed by atoms with E-state index >= 15 is 0 Å². The first-order valence-electron chi connectivity index (χ1n) is 7.83. The predicted octanol–water partition coefficient (Wildman–Crippen LogP) is 8.13. The average molecular weight is 251 g/mol. The Morgan fingerprint density at radius 1 is 0.471 bits per heavy atom. The third-order valence-corrected chi connectivity index (χ3v) is 0.500. The van der Waals surface area contributed by atoms with E-state index in [0.717, 1.165) is 0 Å². The van der Waals surface area contributed by atoms with Gasteiger partial charge in [-0.25, -0.2) is 0 Å². The highest BCUT2D eigenvalue weighted by atomic mass is 13.6. The van der Waals surface area contributed by atoms with Gasteiger partial charge in [-0.3, -0.25) is 0 Å². The molecule has 0 radical (unpaired) electrons. The highest BCUT2D eigenvalue weighted by Crippen LogP contribution is 1.76. The first kappa shape index (κ1) is 43.7. The van der Waals surface area contributed by atoms with Gasteiger partial charge in [0.15, 0.2) is 0 Å². The third kappa shape index (κ3) is 5430. The molecule has 0 aromatic rings. The zero-order valence-electron chi connectivity index (χ0n) is 15.5. The van der Waals surface area contributed by atoms with Crippen molar-refractivity contribution in [2.75, 3.05) is 0 Å². The molecule has 0 nitrogen and oxygen atoms in total. The van der Waals surface area contributed by atoms with Crippen LogP contribution in [0.1, 0.15) is 102 Å². The van der Waals surface area contributed by atoms with Crippen molar-refractivity contribution < 1.29 is 0 Å². The van der Waals surface area contributed by atoms with Crippen LogP contribution in [0.5, 0.6) is 0 Å². The molecule has 0 heteroatoms. The molecule has 114 valence electrons. The van der Waals surface area contributed by atoms with Crippen LogP contribution in [0.25, 0.3) is 0 Å². The smallest absolute Gasteiger partial charge is 0.0564 e. The Kier molecular flexibility index (Phi) is 1170. The summed E-state index contributed by atoms with van der Waals surface area (Å²) >= 11 is 0. The molecular weight excluding hydrogens is 204 g/mol. The quantitative estimate of drug-likeness (QED) is 0.412. The summed E-state index contributed by atoms with van der Waals surface area (Å²) in [6.45, 7) is 30.6. The van der Waals surface area contributed by atoms with Crippen molar-refractivity contribution in [3.8, 4) is 0 Å². The minimum Gasteiger partial charge on any atom is -0.106 e. The number of hydrogen-bond donors (Lipinski definition) is 0. The first-order valence-corrected chi connectivity index (χ1v) is 7.83. The van der Waals surface area contributed by atoms with E-state index in [9.17, 15) is 0 Å². The van der Waals surface area contributed by atoms with Gasteiger partial charge in [-0.2, -0.15) is 0 Å². The second-order valence-electron chi connectivity index (χ2n) is 1.71. The molecular formula is C17H46. The largest absolute Gasteiger partial charge is 0.106 e. The molecule has 0 fully saturated rings. The van der Waals surface area contributed by atoms with Crippen LogP contribution in [0, 0.1) is 0 Å². The SMILES string of the molecule is C=C.CC.CC.CC.CC.CCC.CCCC. The van der Waals surface area contributed by atoms with Gasteiger partial charge in [0.05, 0.1) is 0 Å². The lowest BCUT2D eigenvalue weighted by atomic mass is 10.4. The van der Waals surface area contributed by atoms with Gasteiger partial charge in [0.1, 0.15) is 0 Å². The summed E-state index contributed by atoms with van der Waals surface area (Å²) in [4.78, 5) is 0. The molecule has 0 spiro atoms. The fraction of sp³-hybridized carbons (Fsp3) is 0.882. The second kappa shape index (κ2) is 456. The Labute approximate surface area is 116 Å². The van der Waals surface area contributed by atoms with Crippen LogP contribution in [0.2, 0.25) is 0 Å². The van der Waals surface area contributed by atoms with Crippen molar-refractivity contribution in [3.05, 3.63) is 13.2 Å². The van der Waals surface area contributed by atoms with Crippen LogP contribution >= 0.6 is 0 Å². The normalized spacial score (nSPS) is 4.47. The summed E-state index contributed by atoms with van der Waals surface area (Å²) in [6.07, 6.45) is 3.89. The van der Waals surface area contributed by atoms with Crippen molar-refractivity contribution in [2.45, 2.75) is 102 Å². The maximum atomic E-state index is 3.00. The Bertz CT molecular complexity index is 14.0. The second-order valence-corrected chi connectivity index (χ2v) is 1.71. The molecule has 0 heterocycles. The van der Waals surface area contributed by atoms with E-state index in [1.807, 2.05) is 55.4 Å². The maximum absolute atomic E-state index is 3.00. The van der Waals surface area contributed by atoms with E-state index in [4.69, 9.17) is 0 Å². The Morgan fingerprint density at radius 2 is 0.529 bits per heavy atom. The standard InChI is InChI=1S/C4H10.C3H8.4C2H6.C2H4/c1-3-4-2;1-3-2;5*1-2/h3-4H2,1-2H3;3H2,1-2H3;4*1-2H3;1-2H2. The molecule has 0 aliphatic carbocycles. The average Bonchev–Trinajstić information content (AvgIpc) is 2.50. The molecule has 17 heavy (non-hydrogen) atoms. The van der Waals surface area contributed by atoms with Crippen LogP contribution in [0.15, 0.2) is 13.2 Å². The molecule has 0 atom stereocenters. The number of unbranched alkanes of at least 4 members (excludes halogenated alkanes) is 1. The Balaban J connectivity index is -0.0000000141. The molecule has 0 aliphatic heterocycles. The molecule has 0 aromatic carbocycles. The zero-order valence-corrected chi connectivity index (χ0v) is 15.5. The fourth-order valence-corrected chi connectivity index (χ4v) is 0. The summed E-state index contributed by atoms with van der Waals surface area (Å²) in [5.41, 5.74) is 0. The van der Waals surface area contributed by atoms with Crippen molar-refractivity contribution >= 4 is 0 Å². The molecule has 0 saturated heterocycles. The van der Waals surface area contributed by atoms with Crippen molar-refractivity contribution in [3.63, 3.8) is 0 Å². The summed E-state index contributed by atoms with van der Waals surface area (Å²) in [5.74, 6) is 0. The van der Waals surface area contributed by atoms with Gasteiger partial charge in [0.25, 0.3) is 0 Å². The van der Waals surface area contributed by atoms with E-state index in [0.29, 0.717) is 0 Å². The lowest BCUT2D eigenvalue weighted by Gasteiger charge is -1.68. The lowest BCUT2D eigenvalue weighted by Crippen LogP contribution is -1.47. The van der Waals surface area contributed by atoms with Gasteiger partial charge in [-0.1, -0.05) is 102 Å². The van der Waals surface area contributed by atoms with E-state index in [2.05, 4.69) is 40.9 Å². The monoisotopic (exact) mass is 250 g/mol. The van der Waals surface area contributed by atoms with Crippen molar-refractivity contribution in [1.29, 1.82) is 0 Å². The van der Waals surface area contributed by atoms with Crippen LogP contribution < -0.4 is 0 Å². The highest BCUT2D eigenvalue weighted by Gasteiger charge is 1.56. The molecule has 0 rings (SSSR count). The van der Waals surface area contributed by atoms with Gasteiger partial charge in [0, 0.05) is 0 Å². The Morgan fingerprint density at radius 3 is 0.529 bits per heavy atom. The highest BCUT2D eigenvalue weighted by molar-refractivity contribution is 4.22. The van der Waals surface area contributed by atoms with E-state index in [1.165, 1.54) is 19.3 Å². The first-order chi connectivity index (χ1) is 8.33. The zero-order chi connectivity index (χ0) is 16.1. The maximum Gasteiger partial charge on any atom is -0.0564 e. The summed E-state index contributed by atoms with van der Waals surface area (Å²) in [7, 11) is 0. The van der Waals surface area contributed by atoms with Crippen LogP contribution in [0.3, 0.4) is 0 Å². The van der Waals surface area contributed by atoms with Gasteiger partial charge in [-0.05, 0) is 0 Å². The van der Waals surface area contributed by atoms with Crippen molar-refractivity contribution in [1.82, 2.24) is 0 Å². The molecule has 0 saturated carbocycles. The fourth-order valence-electron chi connectivity index (χ4n) is 0. The minimum absolute atomic E-state index is 1.25. The Hall–Kier alpha value is -0.260. The number of rotatable bonds is 1. The molecule has 0 N–H and O–H groups in total. The molecule has 0 amide bonds.